The molecule has 0 spiro atoms. The maximum absolute atomic E-state index is 13.0. The molecular formula is C21H25ClN6O2. The lowest BCUT2D eigenvalue weighted by molar-refractivity contribution is 0.0712. The Bertz CT molecular complexity index is 1110. The maximum atomic E-state index is 13.0. The minimum atomic E-state index is -0.352. The summed E-state index contributed by atoms with van der Waals surface area (Å²) in [6, 6.07) is 7.74. The van der Waals surface area contributed by atoms with Gasteiger partial charge in [0.25, 0.3) is 5.56 Å². The first-order chi connectivity index (χ1) is 14.6. The summed E-state index contributed by atoms with van der Waals surface area (Å²) in [6.45, 7) is 5.32. The number of aryl methyl sites for hydroxylation is 1. The van der Waals surface area contributed by atoms with Crippen LogP contribution >= 0.6 is 11.6 Å². The van der Waals surface area contributed by atoms with E-state index in [2.05, 4.69) is 19.9 Å². The van der Waals surface area contributed by atoms with Crippen molar-refractivity contribution in [2.45, 2.75) is 18.9 Å². The highest BCUT2D eigenvalue weighted by atomic mass is 35.5. The number of rotatable bonds is 4. The van der Waals surface area contributed by atoms with Crippen LogP contribution in [0.1, 0.15) is 12.8 Å². The van der Waals surface area contributed by atoms with E-state index in [1.165, 1.54) is 4.68 Å². The number of anilines is 1. The first-order valence-corrected chi connectivity index (χ1v) is 10.8. The van der Waals surface area contributed by atoms with E-state index < -0.39 is 0 Å². The largest absolute Gasteiger partial charge is 0.377 e. The van der Waals surface area contributed by atoms with Crippen LogP contribution in [-0.4, -0.2) is 69.7 Å². The van der Waals surface area contributed by atoms with Crippen molar-refractivity contribution in [2.75, 3.05) is 44.2 Å². The van der Waals surface area contributed by atoms with Gasteiger partial charge in [-0.05, 0) is 25.0 Å². The summed E-state index contributed by atoms with van der Waals surface area (Å²) in [5, 5.41) is 4.59. The summed E-state index contributed by atoms with van der Waals surface area (Å²) in [5.41, 5.74) is 2.08. The number of benzene rings is 1. The number of aromatic nitrogens is 4. The van der Waals surface area contributed by atoms with Crippen LogP contribution < -0.4 is 10.5 Å². The predicted molar refractivity (Wildman–Crippen MR) is 117 cm³/mol. The average molecular weight is 429 g/mol. The average Bonchev–Trinajstić information content (AvgIpc) is 3.39. The van der Waals surface area contributed by atoms with Gasteiger partial charge in [0.1, 0.15) is 5.02 Å². The molecule has 30 heavy (non-hydrogen) atoms. The van der Waals surface area contributed by atoms with Crippen LogP contribution in [0.25, 0.3) is 17.0 Å². The third-order valence-corrected chi connectivity index (χ3v) is 6.41. The molecule has 4 heterocycles. The molecule has 2 fully saturated rings. The van der Waals surface area contributed by atoms with Gasteiger partial charge in [0.2, 0.25) is 5.95 Å². The number of hydrogen-bond acceptors (Lipinski definition) is 6. The molecule has 0 amide bonds. The number of imidazole rings is 1. The summed E-state index contributed by atoms with van der Waals surface area (Å²) in [6.07, 6.45) is 4.35. The van der Waals surface area contributed by atoms with E-state index in [0.717, 1.165) is 63.2 Å². The fourth-order valence-electron chi connectivity index (χ4n) is 4.36. The number of piperazine rings is 1. The molecule has 0 bridgehead atoms. The van der Waals surface area contributed by atoms with Gasteiger partial charge in [0.05, 0.1) is 29.0 Å². The molecule has 8 nitrogen and oxygen atoms in total. The molecule has 3 aromatic rings. The zero-order chi connectivity index (χ0) is 20.7. The van der Waals surface area contributed by atoms with Crippen molar-refractivity contribution in [1.82, 2.24) is 24.2 Å². The minimum Gasteiger partial charge on any atom is -0.377 e. The highest BCUT2D eigenvalue weighted by Crippen LogP contribution is 2.24. The molecule has 0 radical (unpaired) electrons. The van der Waals surface area contributed by atoms with E-state index >= 15 is 0 Å². The van der Waals surface area contributed by atoms with E-state index in [1.807, 2.05) is 35.9 Å². The number of hydrogen-bond donors (Lipinski definition) is 0. The van der Waals surface area contributed by atoms with E-state index in [4.69, 9.17) is 16.3 Å². The molecule has 9 heteroatoms. The van der Waals surface area contributed by atoms with Crippen LogP contribution in [0.2, 0.25) is 5.02 Å². The molecule has 2 aromatic heterocycles. The Hall–Kier alpha value is -2.42. The van der Waals surface area contributed by atoms with Crippen LogP contribution in [0, 0.1) is 0 Å². The van der Waals surface area contributed by atoms with Crippen molar-refractivity contribution in [2.24, 2.45) is 7.05 Å². The third-order valence-electron chi connectivity index (χ3n) is 6.05. The molecule has 2 saturated heterocycles. The van der Waals surface area contributed by atoms with Crippen molar-refractivity contribution in [1.29, 1.82) is 0 Å². The fourth-order valence-corrected chi connectivity index (χ4v) is 4.61. The quantitative estimate of drug-likeness (QED) is 0.633. The lowest BCUT2D eigenvalue weighted by atomic mass is 10.2. The lowest BCUT2D eigenvalue weighted by Gasteiger charge is -2.37. The van der Waals surface area contributed by atoms with Gasteiger partial charge < -0.3 is 14.2 Å². The monoisotopic (exact) mass is 428 g/mol. The van der Waals surface area contributed by atoms with Crippen LogP contribution in [0.4, 0.5) is 5.69 Å². The summed E-state index contributed by atoms with van der Waals surface area (Å²) in [7, 11) is 1.87. The summed E-state index contributed by atoms with van der Waals surface area (Å²) >= 11 is 6.52. The molecular weight excluding hydrogens is 404 g/mol. The van der Waals surface area contributed by atoms with Crippen molar-refractivity contribution >= 4 is 28.3 Å². The molecule has 0 aliphatic carbocycles. The number of ether oxygens (including phenoxy) is 1. The van der Waals surface area contributed by atoms with Gasteiger partial charge in [-0.15, -0.1) is 0 Å². The van der Waals surface area contributed by atoms with Gasteiger partial charge in [-0.1, -0.05) is 23.7 Å². The highest BCUT2D eigenvalue weighted by Gasteiger charge is 2.25. The summed E-state index contributed by atoms with van der Waals surface area (Å²) in [4.78, 5) is 22.1. The number of para-hydroxylation sites is 2. The second kappa shape index (κ2) is 8.02. The molecule has 5 rings (SSSR count). The Morgan fingerprint density at radius 1 is 1.20 bits per heavy atom. The first-order valence-electron chi connectivity index (χ1n) is 10.4. The van der Waals surface area contributed by atoms with E-state index in [-0.39, 0.29) is 10.6 Å². The zero-order valence-corrected chi connectivity index (χ0v) is 17.8. The van der Waals surface area contributed by atoms with Gasteiger partial charge in [-0.25, -0.2) is 4.98 Å². The van der Waals surface area contributed by atoms with E-state index in [1.54, 1.807) is 6.20 Å². The number of fused-ring (bicyclic) bond motifs is 1. The van der Waals surface area contributed by atoms with Crippen molar-refractivity contribution in [3.05, 3.63) is 45.8 Å². The Labute approximate surface area is 179 Å². The topological polar surface area (TPSA) is 68.4 Å². The SMILES string of the molecule is Cn1c(-n2ncc(N3CCN(C[C@@H]4CCCO4)CC3)c(Cl)c2=O)nc2ccccc21. The van der Waals surface area contributed by atoms with Crippen LogP contribution in [0.15, 0.2) is 35.3 Å². The molecule has 2 aliphatic heterocycles. The first kappa shape index (κ1) is 19.5. The normalized spacial score (nSPS) is 20.3. The smallest absolute Gasteiger partial charge is 0.295 e. The second-order valence-corrected chi connectivity index (χ2v) is 8.32. The number of halogens is 1. The predicted octanol–water partition coefficient (Wildman–Crippen LogP) is 2.07. The van der Waals surface area contributed by atoms with Gasteiger partial charge in [0.15, 0.2) is 0 Å². The van der Waals surface area contributed by atoms with Crippen molar-refractivity contribution < 1.29 is 4.74 Å². The zero-order valence-electron chi connectivity index (χ0n) is 17.0. The second-order valence-electron chi connectivity index (χ2n) is 7.94. The Balaban J connectivity index is 1.36. The van der Waals surface area contributed by atoms with Gasteiger partial charge >= 0.3 is 0 Å². The molecule has 1 aromatic carbocycles. The Kier molecular flexibility index (Phi) is 5.22. The minimum absolute atomic E-state index is 0.185. The molecule has 0 saturated carbocycles. The van der Waals surface area contributed by atoms with Gasteiger partial charge in [-0.3, -0.25) is 9.69 Å². The lowest BCUT2D eigenvalue weighted by Crippen LogP contribution is -2.49. The van der Waals surface area contributed by atoms with Crippen LogP contribution in [-0.2, 0) is 11.8 Å². The Morgan fingerprint density at radius 3 is 2.73 bits per heavy atom. The molecule has 158 valence electrons. The molecule has 0 unspecified atom stereocenters. The standard InChI is InChI=1S/C21H25ClN6O2/c1-25-17-7-3-2-6-16(17)24-21(25)28-20(29)19(22)18(13-23-28)27-10-8-26(9-11-27)14-15-5-4-12-30-15/h2-3,6-7,13,15H,4-5,8-12,14H2,1H3/t15-/m0/s1. The highest BCUT2D eigenvalue weighted by molar-refractivity contribution is 6.33. The maximum Gasteiger partial charge on any atom is 0.295 e. The summed E-state index contributed by atoms with van der Waals surface area (Å²) < 4.78 is 8.88. The fraction of sp³-hybridized carbons (Fsp3) is 0.476. The van der Waals surface area contributed by atoms with E-state index in [0.29, 0.717) is 17.7 Å². The number of nitrogens with zero attached hydrogens (tertiary/aromatic N) is 6. The van der Waals surface area contributed by atoms with Crippen LogP contribution in [0.3, 0.4) is 0 Å². The van der Waals surface area contributed by atoms with Crippen molar-refractivity contribution in [3.63, 3.8) is 0 Å². The van der Waals surface area contributed by atoms with Crippen molar-refractivity contribution in [3.8, 4) is 5.95 Å². The Morgan fingerprint density at radius 2 is 2.00 bits per heavy atom. The van der Waals surface area contributed by atoms with Gasteiger partial charge in [0, 0.05) is 46.4 Å². The molecule has 2 aliphatic rings. The summed E-state index contributed by atoms with van der Waals surface area (Å²) in [5.74, 6) is 0.455. The molecule has 1 atom stereocenters. The van der Waals surface area contributed by atoms with E-state index in [9.17, 15) is 4.79 Å². The third kappa shape index (κ3) is 3.49. The van der Waals surface area contributed by atoms with Gasteiger partial charge in [-0.2, -0.15) is 9.78 Å². The van der Waals surface area contributed by atoms with Crippen LogP contribution in [0.5, 0.6) is 0 Å². The molecule has 0 N–H and O–H groups in total.